The van der Waals surface area contributed by atoms with Gasteiger partial charge in [0.1, 0.15) is 0 Å². The SMILES string of the molecule is C#Cc1ccc(NC(=O)CCCCCCCCCCCCCCC)cc1. The molecule has 0 spiro atoms. The van der Waals surface area contributed by atoms with E-state index in [4.69, 9.17) is 6.42 Å². The Hall–Kier alpha value is -1.75. The van der Waals surface area contributed by atoms with Crippen molar-refractivity contribution in [3.63, 3.8) is 0 Å². The smallest absolute Gasteiger partial charge is 0.224 e. The summed E-state index contributed by atoms with van der Waals surface area (Å²) in [6.45, 7) is 2.27. The van der Waals surface area contributed by atoms with Crippen molar-refractivity contribution in [2.45, 2.75) is 96.8 Å². The number of amides is 1. The maximum Gasteiger partial charge on any atom is 0.224 e. The van der Waals surface area contributed by atoms with Crippen molar-refractivity contribution >= 4 is 11.6 Å². The van der Waals surface area contributed by atoms with Crippen LogP contribution in [0.4, 0.5) is 5.69 Å². The molecule has 0 unspecified atom stereocenters. The number of rotatable bonds is 15. The Morgan fingerprint density at radius 3 is 1.73 bits per heavy atom. The van der Waals surface area contributed by atoms with E-state index >= 15 is 0 Å². The summed E-state index contributed by atoms with van der Waals surface area (Å²) in [6.07, 6.45) is 23.1. The third kappa shape index (κ3) is 11.7. The van der Waals surface area contributed by atoms with Gasteiger partial charge in [-0.2, -0.15) is 0 Å². The predicted molar refractivity (Wildman–Crippen MR) is 113 cm³/mol. The maximum atomic E-state index is 11.9. The second-order valence-corrected chi connectivity index (χ2v) is 7.26. The van der Waals surface area contributed by atoms with Crippen LogP contribution in [-0.2, 0) is 4.79 Å². The van der Waals surface area contributed by atoms with Crippen LogP contribution in [0.15, 0.2) is 24.3 Å². The summed E-state index contributed by atoms with van der Waals surface area (Å²) in [5.74, 6) is 2.67. The first kappa shape index (κ1) is 22.3. The van der Waals surface area contributed by atoms with Crippen molar-refractivity contribution in [3.05, 3.63) is 29.8 Å². The monoisotopic (exact) mass is 355 g/mol. The standard InChI is InChI=1S/C24H37NO/c1-3-5-6-7-8-9-10-11-12-13-14-15-16-17-24(26)25-23-20-18-22(4-2)19-21-23/h2,18-21H,3,5-17H2,1H3,(H,25,26). The molecule has 2 nitrogen and oxygen atoms in total. The molecule has 0 saturated carbocycles. The topological polar surface area (TPSA) is 29.1 Å². The number of nitrogens with one attached hydrogen (secondary N) is 1. The zero-order chi connectivity index (χ0) is 18.9. The lowest BCUT2D eigenvalue weighted by atomic mass is 10.0. The average molecular weight is 356 g/mol. The van der Waals surface area contributed by atoms with E-state index in [-0.39, 0.29) is 5.91 Å². The largest absolute Gasteiger partial charge is 0.326 e. The zero-order valence-corrected chi connectivity index (χ0v) is 16.7. The molecule has 1 aromatic rings. The highest BCUT2D eigenvalue weighted by atomic mass is 16.1. The van der Waals surface area contributed by atoms with Crippen molar-refractivity contribution in [1.82, 2.24) is 0 Å². The van der Waals surface area contributed by atoms with Gasteiger partial charge in [-0.25, -0.2) is 0 Å². The van der Waals surface area contributed by atoms with Crippen LogP contribution in [0, 0.1) is 12.3 Å². The first-order valence-electron chi connectivity index (χ1n) is 10.6. The van der Waals surface area contributed by atoms with Crippen molar-refractivity contribution in [3.8, 4) is 12.3 Å². The molecule has 1 amide bonds. The van der Waals surface area contributed by atoms with E-state index in [1.165, 1.54) is 70.6 Å². The van der Waals surface area contributed by atoms with Crippen molar-refractivity contribution in [1.29, 1.82) is 0 Å². The normalized spacial score (nSPS) is 10.5. The summed E-state index contributed by atoms with van der Waals surface area (Å²) in [4.78, 5) is 11.9. The van der Waals surface area contributed by atoms with E-state index in [1.54, 1.807) is 0 Å². The van der Waals surface area contributed by atoms with E-state index in [9.17, 15) is 4.79 Å². The van der Waals surface area contributed by atoms with Gasteiger partial charge in [0.15, 0.2) is 0 Å². The first-order valence-corrected chi connectivity index (χ1v) is 10.6. The molecule has 0 aromatic heterocycles. The molecule has 0 radical (unpaired) electrons. The Morgan fingerprint density at radius 1 is 0.808 bits per heavy atom. The lowest BCUT2D eigenvalue weighted by Gasteiger charge is -2.06. The molecule has 0 fully saturated rings. The average Bonchev–Trinajstić information content (AvgIpc) is 2.66. The highest BCUT2D eigenvalue weighted by Crippen LogP contribution is 2.14. The Balaban J connectivity index is 1.89. The molecule has 0 bridgehead atoms. The van der Waals surface area contributed by atoms with Crippen LogP contribution in [0.5, 0.6) is 0 Å². The van der Waals surface area contributed by atoms with E-state index in [0.717, 1.165) is 24.1 Å². The number of terminal acetylenes is 1. The van der Waals surface area contributed by atoms with Gasteiger partial charge in [-0.05, 0) is 30.7 Å². The van der Waals surface area contributed by atoms with E-state index in [0.29, 0.717) is 6.42 Å². The summed E-state index contributed by atoms with van der Waals surface area (Å²) in [5.41, 5.74) is 1.66. The molecule has 0 heterocycles. The van der Waals surface area contributed by atoms with Crippen LogP contribution in [0.3, 0.4) is 0 Å². The lowest BCUT2D eigenvalue weighted by molar-refractivity contribution is -0.116. The Morgan fingerprint density at radius 2 is 1.27 bits per heavy atom. The highest BCUT2D eigenvalue weighted by molar-refractivity contribution is 5.90. The third-order valence-electron chi connectivity index (χ3n) is 4.84. The number of unbranched alkanes of at least 4 members (excludes halogenated alkanes) is 12. The Labute approximate surface area is 161 Å². The van der Waals surface area contributed by atoms with Crippen LogP contribution < -0.4 is 5.32 Å². The molecule has 2 heteroatoms. The third-order valence-corrected chi connectivity index (χ3v) is 4.84. The van der Waals surface area contributed by atoms with Crippen LogP contribution in [0.2, 0.25) is 0 Å². The minimum absolute atomic E-state index is 0.0986. The fourth-order valence-corrected chi connectivity index (χ4v) is 3.18. The second kappa shape index (κ2) is 15.5. The van der Waals surface area contributed by atoms with E-state index in [1.807, 2.05) is 24.3 Å². The summed E-state index contributed by atoms with van der Waals surface area (Å²) in [6, 6.07) is 7.41. The minimum Gasteiger partial charge on any atom is -0.326 e. The summed E-state index contributed by atoms with van der Waals surface area (Å²) < 4.78 is 0. The van der Waals surface area contributed by atoms with E-state index < -0.39 is 0 Å². The number of hydrogen-bond acceptors (Lipinski definition) is 1. The van der Waals surface area contributed by atoms with Gasteiger partial charge < -0.3 is 5.32 Å². The van der Waals surface area contributed by atoms with Crippen molar-refractivity contribution in [2.75, 3.05) is 5.32 Å². The summed E-state index contributed by atoms with van der Waals surface area (Å²) in [7, 11) is 0. The number of carbonyl (C=O) groups is 1. The summed E-state index contributed by atoms with van der Waals surface area (Å²) in [5, 5.41) is 2.93. The predicted octanol–water partition coefficient (Wildman–Crippen LogP) is 7.09. The molecule has 0 saturated heterocycles. The zero-order valence-electron chi connectivity index (χ0n) is 16.7. The van der Waals surface area contributed by atoms with Crippen LogP contribution in [0.25, 0.3) is 0 Å². The lowest BCUT2D eigenvalue weighted by Crippen LogP contribution is -2.10. The fourth-order valence-electron chi connectivity index (χ4n) is 3.18. The quantitative estimate of drug-likeness (QED) is 0.264. The molecule has 26 heavy (non-hydrogen) atoms. The first-order chi connectivity index (χ1) is 12.8. The molecule has 1 rings (SSSR count). The van der Waals surface area contributed by atoms with Crippen molar-refractivity contribution in [2.24, 2.45) is 0 Å². The van der Waals surface area contributed by atoms with Gasteiger partial charge in [-0.3, -0.25) is 4.79 Å². The molecular formula is C24H37NO. The van der Waals surface area contributed by atoms with Gasteiger partial charge in [-0.1, -0.05) is 89.9 Å². The van der Waals surface area contributed by atoms with Gasteiger partial charge in [0, 0.05) is 17.7 Å². The number of benzene rings is 1. The van der Waals surface area contributed by atoms with Gasteiger partial charge in [0.2, 0.25) is 5.91 Å². The molecule has 0 aliphatic rings. The van der Waals surface area contributed by atoms with Gasteiger partial charge in [0.25, 0.3) is 0 Å². The molecular weight excluding hydrogens is 318 g/mol. The molecule has 0 atom stereocenters. The summed E-state index contributed by atoms with van der Waals surface area (Å²) >= 11 is 0. The second-order valence-electron chi connectivity index (χ2n) is 7.26. The Kier molecular flexibility index (Phi) is 13.3. The molecule has 1 aromatic carbocycles. The minimum atomic E-state index is 0.0986. The van der Waals surface area contributed by atoms with Gasteiger partial charge in [0.05, 0.1) is 0 Å². The van der Waals surface area contributed by atoms with Crippen molar-refractivity contribution < 1.29 is 4.79 Å². The van der Waals surface area contributed by atoms with Crippen LogP contribution in [0.1, 0.15) is 102 Å². The Bertz CT molecular complexity index is 512. The van der Waals surface area contributed by atoms with Crippen LogP contribution >= 0.6 is 0 Å². The van der Waals surface area contributed by atoms with Gasteiger partial charge >= 0.3 is 0 Å². The molecule has 1 N–H and O–H groups in total. The number of carbonyl (C=O) groups excluding carboxylic acids is 1. The number of anilines is 1. The number of hydrogen-bond donors (Lipinski definition) is 1. The molecule has 144 valence electrons. The van der Waals surface area contributed by atoms with Crippen LogP contribution in [-0.4, -0.2) is 5.91 Å². The maximum absolute atomic E-state index is 11.9. The molecule has 0 aliphatic heterocycles. The fraction of sp³-hybridized carbons (Fsp3) is 0.625. The highest BCUT2D eigenvalue weighted by Gasteiger charge is 2.02. The molecule has 0 aliphatic carbocycles. The van der Waals surface area contributed by atoms with E-state index in [2.05, 4.69) is 18.2 Å². The van der Waals surface area contributed by atoms with Gasteiger partial charge in [-0.15, -0.1) is 6.42 Å².